The van der Waals surface area contributed by atoms with Crippen LogP contribution in [-0.2, 0) is 14.8 Å². The minimum Gasteiger partial charge on any atom is -0.343 e. The van der Waals surface area contributed by atoms with Gasteiger partial charge in [-0.05, 0) is 45.1 Å². The van der Waals surface area contributed by atoms with E-state index in [4.69, 9.17) is 5.73 Å². The Kier molecular flexibility index (Phi) is 7.62. The molecule has 1 saturated heterocycles. The van der Waals surface area contributed by atoms with Gasteiger partial charge in [0.2, 0.25) is 15.9 Å². The molecule has 1 aliphatic rings. The number of nitrogens with two attached hydrogens (primary N) is 1. The number of sulfonamides is 1. The van der Waals surface area contributed by atoms with E-state index in [2.05, 4.69) is 11.6 Å². The van der Waals surface area contributed by atoms with Gasteiger partial charge in [0.15, 0.2) is 0 Å². The van der Waals surface area contributed by atoms with Crippen LogP contribution in [0.4, 0.5) is 0 Å². The molecule has 0 radical (unpaired) electrons. The summed E-state index contributed by atoms with van der Waals surface area (Å²) < 4.78 is 25.7. The van der Waals surface area contributed by atoms with Crippen LogP contribution < -0.4 is 10.5 Å². The number of amides is 1. The summed E-state index contributed by atoms with van der Waals surface area (Å²) in [7, 11) is -3.15. The highest BCUT2D eigenvalue weighted by Crippen LogP contribution is 2.15. The smallest absolute Gasteiger partial charge is 0.222 e. The minimum atomic E-state index is -3.15. The molecule has 1 aliphatic heterocycles. The quantitative estimate of drug-likeness (QED) is 0.688. The molecule has 6 nitrogen and oxygen atoms in total. The molecule has 21 heavy (non-hydrogen) atoms. The van der Waals surface area contributed by atoms with Crippen LogP contribution in [0.5, 0.6) is 0 Å². The zero-order valence-corrected chi connectivity index (χ0v) is 14.0. The Morgan fingerprint density at radius 3 is 2.48 bits per heavy atom. The second-order valence-electron chi connectivity index (χ2n) is 5.90. The number of hydrogen-bond donors (Lipinski definition) is 2. The van der Waals surface area contributed by atoms with Crippen LogP contribution in [0.1, 0.15) is 46.0 Å². The third-order valence-corrected chi connectivity index (χ3v) is 5.54. The lowest BCUT2D eigenvalue weighted by molar-refractivity contribution is -0.132. The Bertz CT molecular complexity index is 417. The van der Waals surface area contributed by atoms with Crippen LogP contribution in [-0.4, -0.2) is 50.7 Å². The highest BCUT2D eigenvalue weighted by molar-refractivity contribution is 7.89. The van der Waals surface area contributed by atoms with Crippen molar-refractivity contribution in [2.75, 3.05) is 25.4 Å². The zero-order chi connectivity index (χ0) is 15.9. The number of nitrogens with zero attached hydrogens (tertiary/aromatic N) is 1. The summed E-state index contributed by atoms with van der Waals surface area (Å²) in [5.74, 6) is 0.758. The third kappa shape index (κ3) is 6.76. The van der Waals surface area contributed by atoms with Crippen molar-refractivity contribution in [2.45, 2.75) is 52.0 Å². The predicted molar refractivity (Wildman–Crippen MR) is 84.3 cm³/mol. The summed E-state index contributed by atoms with van der Waals surface area (Å²) in [6.07, 6.45) is 3.78. The molecule has 1 atom stereocenters. The molecule has 124 valence electrons. The second kappa shape index (κ2) is 8.70. The summed E-state index contributed by atoms with van der Waals surface area (Å²) in [6.45, 7) is 5.69. The maximum Gasteiger partial charge on any atom is 0.222 e. The van der Waals surface area contributed by atoms with E-state index in [0.29, 0.717) is 44.8 Å². The first-order valence-electron chi connectivity index (χ1n) is 7.85. The van der Waals surface area contributed by atoms with E-state index >= 15 is 0 Å². The van der Waals surface area contributed by atoms with E-state index < -0.39 is 10.0 Å². The Balaban J connectivity index is 2.30. The average Bonchev–Trinajstić information content (AvgIpc) is 2.45. The molecule has 1 rings (SSSR count). The molecule has 7 heteroatoms. The van der Waals surface area contributed by atoms with Gasteiger partial charge in [-0.1, -0.05) is 6.92 Å². The SMILES string of the molecule is CCS(=O)(=O)NC1CCN(C(=O)CCC(C)CCN)CC1. The summed E-state index contributed by atoms with van der Waals surface area (Å²) in [6, 6.07) is -0.0323. The summed E-state index contributed by atoms with van der Waals surface area (Å²) >= 11 is 0. The fourth-order valence-corrected chi connectivity index (χ4v) is 3.45. The Labute approximate surface area is 128 Å². The van der Waals surface area contributed by atoms with Gasteiger partial charge in [0, 0.05) is 25.6 Å². The number of likely N-dealkylation sites (tertiary alicyclic amines) is 1. The molecule has 1 amide bonds. The molecule has 0 bridgehead atoms. The number of rotatable bonds is 8. The first kappa shape index (κ1) is 18.4. The Hall–Kier alpha value is -0.660. The van der Waals surface area contributed by atoms with E-state index in [1.807, 2.05) is 4.90 Å². The van der Waals surface area contributed by atoms with Crippen molar-refractivity contribution in [3.8, 4) is 0 Å². The Morgan fingerprint density at radius 2 is 1.95 bits per heavy atom. The van der Waals surface area contributed by atoms with E-state index in [1.165, 1.54) is 0 Å². The van der Waals surface area contributed by atoms with Gasteiger partial charge in [0.05, 0.1) is 5.75 Å². The van der Waals surface area contributed by atoms with Crippen molar-refractivity contribution in [2.24, 2.45) is 11.7 Å². The molecule has 0 aromatic heterocycles. The van der Waals surface area contributed by atoms with Crippen molar-refractivity contribution >= 4 is 15.9 Å². The second-order valence-corrected chi connectivity index (χ2v) is 7.94. The van der Waals surface area contributed by atoms with E-state index in [1.54, 1.807) is 6.92 Å². The van der Waals surface area contributed by atoms with Crippen molar-refractivity contribution in [1.29, 1.82) is 0 Å². The fourth-order valence-electron chi connectivity index (χ4n) is 2.54. The van der Waals surface area contributed by atoms with E-state index in [9.17, 15) is 13.2 Å². The molecular formula is C14H29N3O3S. The Morgan fingerprint density at radius 1 is 1.33 bits per heavy atom. The standard InChI is InChI=1S/C14H29N3O3S/c1-3-21(19,20)16-13-7-10-17(11-8-13)14(18)5-4-12(2)6-9-15/h12-13,16H,3-11,15H2,1-2H3. The van der Waals surface area contributed by atoms with Crippen LogP contribution in [0.2, 0.25) is 0 Å². The van der Waals surface area contributed by atoms with Crippen molar-refractivity contribution < 1.29 is 13.2 Å². The van der Waals surface area contributed by atoms with Crippen molar-refractivity contribution in [3.63, 3.8) is 0 Å². The molecule has 0 aromatic rings. The largest absolute Gasteiger partial charge is 0.343 e. The van der Waals surface area contributed by atoms with Crippen LogP contribution in [0, 0.1) is 5.92 Å². The molecule has 1 fully saturated rings. The number of carbonyl (C=O) groups is 1. The number of carbonyl (C=O) groups excluding carboxylic acids is 1. The first-order valence-corrected chi connectivity index (χ1v) is 9.51. The lowest BCUT2D eigenvalue weighted by Gasteiger charge is -2.32. The fraction of sp³-hybridized carbons (Fsp3) is 0.929. The topological polar surface area (TPSA) is 92.5 Å². The van der Waals surface area contributed by atoms with Crippen LogP contribution in [0.15, 0.2) is 0 Å². The van der Waals surface area contributed by atoms with Crippen LogP contribution in [0.25, 0.3) is 0 Å². The molecule has 0 saturated carbocycles. The third-order valence-electron chi connectivity index (χ3n) is 4.08. The molecule has 0 spiro atoms. The highest BCUT2D eigenvalue weighted by Gasteiger charge is 2.25. The predicted octanol–water partition coefficient (Wildman–Crippen LogP) is 0.682. The number of piperidine rings is 1. The molecule has 3 N–H and O–H groups in total. The summed E-state index contributed by atoms with van der Waals surface area (Å²) in [5, 5.41) is 0. The lowest BCUT2D eigenvalue weighted by atomic mass is 10.0. The average molecular weight is 319 g/mol. The minimum absolute atomic E-state index is 0.0323. The monoisotopic (exact) mass is 319 g/mol. The zero-order valence-electron chi connectivity index (χ0n) is 13.2. The molecule has 0 aromatic carbocycles. The first-order chi connectivity index (χ1) is 9.88. The van der Waals surface area contributed by atoms with Gasteiger partial charge < -0.3 is 10.6 Å². The number of nitrogens with one attached hydrogen (secondary N) is 1. The van der Waals surface area contributed by atoms with Crippen LogP contribution >= 0.6 is 0 Å². The maximum atomic E-state index is 12.1. The molecule has 1 unspecified atom stereocenters. The van der Waals surface area contributed by atoms with Gasteiger partial charge in [-0.2, -0.15) is 0 Å². The van der Waals surface area contributed by atoms with Crippen molar-refractivity contribution in [1.82, 2.24) is 9.62 Å². The van der Waals surface area contributed by atoms with Gasteiger partial charge in [-0.3, -0.25) is 4.79 Å². The van der Waals surface area contributed by atoms with Crippen LogP contribution in [0.3, 0.4) is 0 Å². The highest BCUT2D eigenvalue weighted by atomic mass is 32.2. The van der Waals surface area contributed by atoms with E-state index in [0.717, 1.165) is 12.8 Å². The van der Waals surface area contributed by atoms with Gasteiger partial charge in [0.25, 0.3) is 0 Å². The molecular weight excluding hydrogens is 290 g/mol. The van der Waals surface area contributed by atoms with E-state index in [-0.39, 0.29) is 17.7 Å². The lowest BCUT2D eigenvalue weighted by Crippen LogP contribution is -2.46. The van der Waals surface area contributed by atoms with Gasteiger partial charge in [0.1, 0.15) is 0 Å². The summed E-state index contributed by atoms with van der Waals surface area (Å²) in [5.41, 5.74) is 5.50. The normalized spacial score (nSPS) is 18.7. The van der Waals surface area contributed by atoms with Gasteiger partial charge >= 0.3 is 0 Å². The summed E-state index contributed by atoms with van der Waals surface area (Å²) in [4.78, 5) is 14.0. The number of hydrogen-bond acceptors (Lipinski definition) is 4. The molecule has 1 heterocycles. The van der Waals surface area contributed by atoms with Gasteiger partial charge in [-0.15, -0.1) is 0 Å². The van der Waals surface area contributed by atoms with Crippen molar-refractivity contribution in [3.05, 3.63) is 0 Å². The maximum absolute atomic E-state index is 12.1. The molecule has 0 aliphatic carbocycles. The van der Waals surface area contributed by atoms with Gasteiger partial charge in [-0.25, -0.2) is 13.1 Å².